The fourth-order valence-corrected chi connectivity index (χ4v) is 5.19. The second-order valence-electron chi connectivity index (χ2n) is 8.80. The zero-order valence-corrected chi connectivity index (χ0v) is 21.9. The minimum atomic E-state index is -4.61. The molecule has 210 valence electrons. The number of benzene rings is 3. The van der Waals surface area contributed by atoms with Crippen LogP contribution in [0.3, 0.4) is 0 Å². The summed E-state index contributed by atoms with van der Waals surface area (Å²) in [5.74, 6) is -9.02. The number of fused-ring (bicyclic) bond motifs is 1. The maximum Gasteiger partial charge on any atom is 0.199 e. The topological polar surface area (TPSA) is 102 Å². The lowest BCUT2D eigenvalue weighted by molar-refractivity contribution is 0.142. The highest BCUT2D eigenvalue weighted by molar-refractivity contribution is 7.90. The molecule has 1 aromatic heterocycles. The number of sulfone groups is 1. The molecule has 0 radical (unpaired) electrons. The first-order valence-electron chi connectivity index (χ1n) is 11.5. The van der Waals surface area contributed by atoms with Gasteiger partial charge in [-0.1, -0.05) is 11.6 Å². The maximum atomic E-state index is 15.0. The Morgan fingerprint density at radius 3 is 2.42 bits per heavy atom. The normalized spacial score (nSPS) is 15.4. The number of anilines is 4. The molecule has 40 heavy (non-hydrogen) atoms. The van der Waals surface area contributed by atoms with Crippen LogP contribution in [0.15, 0.2) is 41.6 Å². The van der Waals surface area contributed by atoms with E-state index >= 15 is 0 Å². The Morgan fingerprint density at radius 1 is 1.00 bits per heavy atom. The Kier molecular flexibility index (Phi) is 7.42. The molecule has 1 atom stereocenters. The molecule has 0 spiro atoms. The molecule has 4 aromatic rings. The molecule has 0 bridgehead atoms. The van der Waals surface area contributed by atoms with E-state index in [2.05, 4.69) is 20.6 Å². The Hall–Kier alpha value is -3.75. The van der Waals surface area contributed by atoms with Gasteiger partial charge in [0.1, 0.15) is 40.4 Å². The summed E-state index contributed by atoms with van der Waals surface area (Å²) in [6.07, 6.45) is 1.77. The van der Waals surface area contributed by atoms with Gasteiger partial charge in [-0.3, -0.25) is 0 Å². The highest BCUT2D eigenvalue weighted by atomic mass is 35.5. The van der Waals surface area contributed by atoms with Gasteiger partial charge in [-0.05, 0) is 24.3 Å². The standard InChI is InChI=1S/C25H18ClF5N4O4S/c1-40(36,37)24-22(31)20(29)19(28)21(30)23(24)35-17-7-13-16(8-18(17)39-12-4-5-38-9-12)32-10-33-25(13)34-11-2-3-15(27)14(26)6-11/h2-3,6-8,10,12,35H,4-5,9H2,1H3,(H,32,33,34). The number of halogens is 6. The van der Waals surface area contributed by atoms with Crippen molar-refractivity contribution in [3.05, 3.63) is 70.8 Å². The zero-order chi connectivity index (χ0) is 28.8. The number of hydrogen-bond acceptors (Lipinski definition) is 8. The molecule has 5 rings (SSSR count). The van der Waals surface area contributed by atoms with Crippen LogP contribution < -0.4 is 15.4 Å². The highest BCUT2D eigenvalue weighted by Crippen LogP contribution is 2.40. The molecule has 1 saturated heterocycles. The van der Waals surface area contributed by atoms with E-state index in [-0.39, 0.29) is 34.3 Å². The third-order valence-electron chi connectivity index (χ3n) is 5.96. The minimum Gasteiger partial charge on any atom is -0.486 e. The highest BCUT2D eigenvalue weighted by Gasteiger charge is 2.32. The fourth-order valence-electron chi connectivity index (χ4n) is 4.08. The molecule has 2 heterocycles. The molecular weight excluding hydrogens is 583 g/mol. The first kappa shape index (κ1) is 27.8. The van der Waals surface area contributed by atoms with E-state index in [4.69, 9.17) is 21.1 Å². The van der Waals surface area contributed by atoms with Gasteiger partial charge in [0.15, 0.2) is 33.1 Å². The van der Waals surface area contributed by atoms with Crippen LogP contribution in [-0.2, 0) is 14.6 Å². The number of nitrogens with zero attached hydrogens (tertiary/aromatic N) is 2. The Labute approximate surface area is 229 Å². The van der Waals surface area contributed by atoms with Crippen LogP contribution in [0, 0.1) is 29.1 Å². The Morgan fingerprint density at radius 2 is 1.75 bits per heavy atom. The summed E-state index contributed by atoms with van der Waals surface area (Å²) in [6, 6.07) is 6.56. The van der Waals surface area contributed by atoms with Gasteiger partial charge in [-0.25, -0.2) is 40.3 Å². The lowest BCUT2D eigenvalue weighted by atomic mass is 10.1. The molecule has 0 aliphatic carbocycles. The SMILES string of the molecule is CS(=O)(=O)c1c(F)c(F)c(F)c(F)c1Nc1cc2c(Nc3ccc(F)c(Cl)c3)ncnc2cc1OC1CCOC1. The van der Waals surface area contributed by atoms with E-state index in [0.717, 1.165) is 6.07 Å². The molecule has 3 aromatic carbocycles. The Bertz CT molecular complexity index is 1750. The van der Waals surface area contributed by atoms with Crippen molar-refractivity contribution in [3.8, 4) is 5.75 Å². The van der Waals surface area contributed by atoms with Gasteiger partial charge in [0.2, 0.25) is 0 Å². The third kappa shape index (κ3) is 5.33. The molecular formula is C25H18ClF5N4O4S. The van der Waals surface area contributed by atoms with Crippen molar-refractivity contribution in [1.82, 2.24) is 9.97 Å². The lowest BCUT2D eigenvalue weighted by Crippen LogP contribution is -2.17. The number of ether oxygens (including phenoxy) is 2. The van der Waals surface area contributed by atoms with Crippen LogP contribution in [0.5, 0.6) is 5.75 Å². The second kappa shape index (κ2) is 10.7. The molecule has 1 aliphatic rings. The van der Waals surface area contributed by atoms with Crippen LogP contribution in [-0.4, -0.2) is 44.0 Å². The summed E-state index contributed by atoms with van der Waals surface area (Å²) in [5.41, 5.74) is -0.672. The van der Waals surface area contributed by atoms with E-state index in [1.807, 2.05) is 0 Å². The fraction of sp³-hybridized carbons (Fsp3) is 0.200. The summed E-state index contributed by atoms with van der Waals surface area (Å²) in [6.45, 7) is 0.612. The van der Waals surface area contributed by atoms with Crippen molar-refractivity contribution in [3.63, 3.8) is 0 Å². The molecule has 8 nitrogen and oxygen atoms in total. The molecule has 1 aliphatic heterocycles. The van der Waals surface area contributed by atoms with Gasteiger partial charge in [0.05, 0.1) is 29.4 Å². The number of hydrogen-bond donors (Lipinski definition) is 2. The summed E-state index contributed by atoms with van der Waals surface area (Å²) >= 11 is 5.86. The first-order valence-corrected chi connectivity index (χ1v) is 13.8. The number of aromatic nitrogens is 2. The van der Waals surface area contributed by atoms with E-state index in [0.29, 0.717) is 30.5 Å². The minimum absolute atomic E-state index is 0.00136. The average Bonchev–Trinajstić information content (AvgIpc) is 3.41. The van der Waals surface area contributed by atoms with Crippen LogP contribution in [0.4, 0.5) is 44.8 Å². The summed E-state index contributed by atoms with van der Waals surface area (Å²) in [7, 11) is -4.61. The van der Waals surface area contributed by atoms with E-state index in [9.17, 15) is 30.4 Å². The van der Waals surface area contributed by atoms with Crippen molar-refractivity contribution in [2.45, 2.75) is 17.4 Å². The van der Waals surface area contributed by atoms with Gasteiger partial charge in [0.25, 0.3) is 0 Å². The van der Waals surface area contributed by atoms with E-state index in [1.54, 1.807) is 0 Å². The monoisotopic (exact) mass is 600 g/mol. The third-order valence-corrected chi connectivity index (χ3v) is 7.37. The van der Waals surface area contributed by atoms with Crippen LogP contribution >= 0.6 is 11.6 Å². The maximum absolute atomic E-state index is 15.0. The van der Waals surface area contributed by atoms with Crippen molar-refractivity contribution < 1.29 is 39.8 Å². The average molecular weight is 601 g/mol. The summed E-state index contributed by atoms with van der Waals surface area (Å²) < 4.78 is 107. The van der Waals surface area contributed by atoms with Crippen LogP contribution in [0.25, 0.3) is 10.9 Å². The first-order chi connectivity index (χ1) is 18.9. The lowest BCUT2D eigenvalue weighted by Gasteiger charge is -2.20. The van der Waals surface area contributed by atoms with Crippen molar-refractivity contribution >= 4 is 55.2 Å². The molecule has 2 N–H and O–H groups in total. The quantitative estimate of drug-likeness (QED) is 0.115. The van der Waals surface area contributed by atoms with Crippen molar-refractivity contribution in [2.75, 3.05) is 30.1 Å². The number of rotatable bonds is 7. The molecule has 1 fully saturated rings. The van der Waals surface area contributed by atoms with E-state index in [1.165, 1.54) is 30.6 Å². The zero-order valence-electron chi connectivity index (χ0n) is 20.4. The predicted molar refractivity (Wildman–Crippen MR) is 137 cm³/mol. The van der Waals surface area contributed by atoms with Crippen molar-refractivity contribution in [2.24, 2.45) is 0 Å². The largest absolute Gasteiger partial charge is 0.486 e. The van der Waals surface area contributed by atoms with Gasteiger partial charge >= 0.3 is 0 Å². The van der Waals surface area contributed by atoms with Gasteiger partial charge in [0, 0.05) is 29.8 Å². The second-order valence-corrected chi connectivity index (χ2v) is 11.2. The molecule has 15 heteroatoms. The van der Waals surface area contributed by atoms with Gasteiger partial charge in [-0.2, -0.15) is 0 Å². The van der Waals surface area contributed by atoms with Gasteiger partial charge < -0.3 is 20.1 Å². The Balaban J connectivity index is 1.68. The summed E-state index contributed by atoms with van der Waals surface area (Å²) in [5, 5.41) is 5.41. The van der Waals surface area contributed by atoms with Crippen molar-refractivity contribution in [1.29, 1.82) is 0 Å². The van der Waals surface area contributed by atoms with Crippen LogP contribution in [0.1, 0.15) is 6.42 Å². The summed E-state index contributed by atoms with van der Waals surface area (Å²) in [4.78, 5) is 6.95. The van der Waals surface area contributed by atoms with Gasteiger partial charge in [-0.15, -0.1) is 0 Å². The smallest absolute Gasteiger partial charge is 0.199 e. The van der Waals surface area contributed by atoms with Crippen LogP contribution in [0.2, 0.25) is 5.02 Å². The van der Waals surface area contributed by atoms with E-state index < -0.39 is 55.6 Å². The molecule has 0 amide bonds. The number of nitrogens with one attached hydrogen (secondary N) is 2. The predicted octanol–water partition coefficient (Wildman–Crippen LogP) is 6.04. The molecule has 0 saturated carbocycles. The molecule has 1 unspecified atom stereocenters.